The summed E-state index contributed by atoms with van der Waals surface area (Å²) in [6, 6.07) is 16.5. The zero-order chi connectivity index (χ0) is 28.6. The number of anilines is 1. The summed E-state index contributed by atoms with van der Waals surface area (Å²) in [7, 11) is -4.07. The van der Waals surface area contributed by atoms with Crippen molar-refractivity contribution in [2.24, 2.45) is 5.41 Å². The maximum Gasteiger partial charge on any atom is 0.407 e. The molecule has 0 saturated carbocycles. The smallest absolute Gasteiger partial charge is 0.407 e. The van der Waals surface area contributed by atoms with Crippen molar-refractivity contribution >= 4 is 21.8 Å². The number of ether oxygens (including phenoxy) is 1. The second-order valence-electron chi connectivity index (χ2n) is 11.2. The molecule has 0 aliphatic rings. The van der Waals surface area contributed by atoms with Crippen molar-refractivity contribution in [1.29, 1.82) is 5.26 Å². The predicted molar refractivity (Wildman–Crippen MR) is 148 cm³/mol. The normalized spacial score (nSPS) is 13.9. The van der Waals surface area contributed by atoms with Gasteiger partial charge < -0.3 is 20.9 Å². The molecule has 1 unspecified atom stereocenters. The predicted octanol–water partition coefficient (Wildman–Crippen LogP) is 4.09. The van der Waals surface area contributed by atoms with E-state index in [-0.39, 0.29) is 30.8 Å². The van der Waals surface area contributed by atoms with Crippen LogP contribution in [0.2, 0.25) is 0 Å². The number of nitrogen functional groups attached to an aromatic ring is 1. The number of carbonyl (C=O) groups excluding carboxylic acids is 1. The van der Waals surface area contributed by atoms with Gasteiger partial charge in [0.05, 0.1) is 23.1 Å². The molecule has 0 saturated heterocycles. The van der Waals surface area contributed by atoms with E-state index in [1.54, 1.807) is 32.9 Å². The highest BCUT2D eigenvalue weighted by Crippen LogP contribution is 2.28. The van der Waals surface area contributed by atoms with E-state index in [1.165, 1.54) is 16.4 Å². The monoisotopic (exact) mass is 544 g/mol. The number of nitrogens with zero attached hydrogens (tertiary/aromatic N) is 2. The van der Waals surface area contributed by atoms with Crippen LogP contribution in [0.5, 0.6) is 0 Å². The molecule has 2 rings (SSSR count). The van der Waals surface area contributed by atoms with Gasteiger partial charge in [-0.05, 0) is 62.8 Å². The number of hydrogen-bond acceptors (Lipinski definition) is 7. The standard InChI is InChI=1S/C28H40N4O5S/c1-27(2,3)37-26(34)31-24(17-21-11-7-6-8-12-21)25(33)19-32(20-28(4,5)15-10-16-29)38(35,36)23-14-9-13-22(30)18-23/h6-9,11-14,18,24-25,33H,10,15,17,19-20,30H2,1-5H3,(H,31,34)/t24-,25?/m0/s1. The lowest BCUT2D eigenvalue weighted by molar-refractivity contribution is 0.0392. The molecule has 2 aromatic carbocycles. The molecule has 0 aromatic heterocycles. The largest absolute Gasteiger partial charge is 0.444 e. The van der Waals surface area contributed by atoms with Gasteiger partial charge in [-0.1, -0.05) is 50.2 Å². The van der Waals surface area contributed by atoms with E-state index >= 15 is 0 Å². The first-order chi connectivity index (χ1) is 17.6. The molecule has 0 heterocycles. The van der Waals surface area contributed by atoms with Crippen molar-refractivity contribution in [2.75, 3.05) is 18.8 Å². The fourth-order valence-corrected chi connectivity index (χ4v) is 5.67. The van der Waals surface area contributed by atoms with Crippen LogP contribution in [-0.4, -0.2) is 54.8 Å². The van der Waals surface area contributed by atoms with Crippen LogP contribution in [0.3, 0.4) is 0 Å². The van der Waals surface area contributed by atoms with Gasteiger partial charge in [-0.3, -0.25) is 0 Å². The minimum atomic E-state index is -4.07. The van der Waals surface area contributed by atoms with E-state index in [2.05, 4.69) is 11.4 Å². The number of nitrogens with one attached hydrogen (secondary N) is 1. The highest BCUT2D eigenvalue weighted by Gasteiger charge is 2.35. The van der Waals surface area contributed by atoms with E-state index in [4.69, 9.17) is 15.7 Å². The number of rotatable bonds is 12. The molecule has 0 fully saturated rings. The lowest BCUT2D eigenvalue weighted by Crippen LogP contribution is -2.52. The van der Waals surface area contributed by atoms with E-state index < -0.39 is 39.3 Å². The van der Waals surface area contributed by atoms with Crippen molar-refractivity contribution in [1.82, 2.24) is 9.62 Å². The van der Waals surface area contributed by atoms with Crippen LogP contribution in [-0.2, 0) is 21.2 Å². The van der Waals surface area contributed by atoms with Crippen LogP contribution >= 0.6 is 0 Å². The first-order valence-electron chi connectivity index (χ1n) is 12.6. The van der Waals surface area contributed by atoms with E-state index in [0.29, 0.717) is 12.1 Å². The Bertz CT molecular complexity index is 1200. The van der Waals surface area contributed by atoms with Crippen molar-refractivity contribution in [3.05, 3.63) is 60.2 Å². The van der Waals surface area contributed by atoms with Crippen LogP contribution < -0.4 is 11.1 Å². The van der Waals surface area contributed by atoms with Gasteiger partial charge in [0.2, 0.25) is 10.0 Å². The van der Waals surface area contributed by atoms with Crippen LogP contribution in [0, 0.1) is 16.7 Å². The molecule has 9 nitrogen and oxygen atoms in total. The summed E-state index contributed by atoms with van der Waals surface area (Å²) in [5, 5.41) is 23.2. The van der Waals surface area contributed by atoms with Crippen LogP contribution in [0.15, 0.2) is 59.5 Å². The lowest BCUT2D eigenvalue weighted by Gasteiger charge is -2.35. The fraction of sp³-hybridized carbons (Fsp3) is 0.500. The first kappa shape index (κ1) is 31.1. The van der Waals surface area contributed by atoms with Crippen molar-refractivity contribution in [3.63, 3.8) is 0 Å². The number of aliphatic hydroxyl groups excluding tert-OH is 1. The molecular formula is C28H40N4O5S. The van der Waals surface area contributed by atoms with Gasteiger partial charge in [0.15, 0.2) is 0 Å². The van der Waals surface area contributed by atoms with Crippen molar-refractivity contribution in [3.8, 4) is 6.07 Å². The Kier molecular flexibility index (Phi) is 10.7. The fourth-order valence-electron chi connectivity index (χ4n) is 3.97. The molecule has 4 N–H and O–H groups in total. The summed E-state index contributed by atoms with van der Waals surface area (Å²) in [4.78, 5) is 12.6. The molecular weight excluding hydrogens is 504 g/mol. The number of sulfonamides is 1. The Morgan fingerprint density at radius 2 is 1.79 bits per heavy atom. The van der Waals surface area contributed by atoms with Crippen molar-refractivity contribution < 1.29 is 23.1 Å². The molecule has 2 atom stereocenters. The molecule has 38 heavy (non-hydrogen) atoms. The molecule has 0 radical (unpaired) electrons. The minimum Gasteiger partial charge on any atom is -0.444 e. The SMILES string of the molecule is CC(C)(CCC#N)CN(CC(O)[C@H](Cc1ccccc1)NC(=O)OC(C)(C)C)S(=O)(=O)c1cccc(N)c1. The van der Waals surface area contributed by atoms with Crippen LogP contribution in [0.4, 0.5) is 10.5 Å². The summed E-state index contributed by atoms with van der Waals surface area (Å²) in [5.41, 5.74) is 5.70. The third kappa shape index (κ3) is 9.97. The summed E-state index contributed by atoms with van der Waals surface area (Å²) >= 11 is 0. The number of amides is 1. The highest BCUT2D eigenvalue weighted by molar-refractivity contribution is 7.89. The number of hydrogen-bond donors (Lipinski definition) is 3. The van der Waals surface area contributed by atoms with Crippen LogP contribution in [0.25, 0.3) is 0 Å². The number of alkyl carbamates (subject to hydrolysis) is 1. The topological polar surface area (TPSA) is 146 Å². The minimum absolute atomic E-state index is 0.000457. The molecule has 0 spiro atoms. The summed E-state index contributed by atoms with van der Waals surface area (Å²) in [6.45, 7) is 8.71. The Hall–Kier alpha value is -3.13. The zero-order valence-corrected chi connectivity index (χ0v) is 23.7. The summed E-state index contributed by atoms with van der Waals surface area (Å²) in [5.74, 6) is 0. The van der Waals surface area contributed by atoms with Gasteiger partial charge >= 0.3 is 6.09 Å². The molecule has 2 aromatic rings. The number of aliphatic hydroxyl groups is 1. The van der Waals surface area contributed by atoms with E-state index in [0.717, 1.165) is 5.56 Å². The molecule has 1 amide bonds. The molecule has 10 heteroatoms. The highest BCUT2D eigenvalue weighted by atomic mass is 32.2. The zero-order valence-electron chi connectivity index (χ0n) is 22.8. The van der Waals surface area contributed by atoms with Gasteiger partial charge in [0, 0.05) is 25.2 Å². The van der Waals surface area contributed by atoms with Crippen molar-refractivity contribution in [2.45, 2.75) is 76.5 Å². The van der Waals surface area contributed by atoms with Gasteiger partial charge in [-0.25, -0.2) is 13.2 Å². The quantitative estimate of drug-likeness (QED) is 0.341. The van der Waals surface area contributed by atoms with E-state index in [9.17, 15) is 18.3 Å². The van der Waals surface area contributed by atoms with Gasteiger partial charge in [0.25, 0.3) is 0 Å². The Morgan fingerprint density at radius 1 is 1.13 bits per heavy atom. The first-order valence-corrected chi connectivity index (χ1v) is 14.0. The Labute approximate surface area is 226 Å². The van der Waals surface area contributed by atoms with Crippen LogP contribution in [0.1, 0.15) is 53.0 Å². The van der Waals surface area contributed by atoms with Gasteiger partial charge in [-0.15, -0.1) is 0 Å². The molecule has 0 bridgehead atoms. The Balaban J connectivity index is 2.41. The second-order valence-corrected chi connectivity index (χ2v) is 13.1. The Morgan fingerprint density at radius 3 is 2.37 bits per heavy atom. The molecule has 208 valence electrons. The third-order valence-electron chi connectivity index (χ3n) is 5.87. The maximum atomic E-state index is 13.7. The third-order valence-corrected chi connectivity index (χ3v) is 7.68. The molecule has 0 aliphatic heterocycles. The molecule has 0 aliphatic carbocycles. The number of benzene rings is 2. The maximum absolute atomic E-state index is 13.7. The summed E-state index contributed by atoms with van der Waals surface area (Å²) < 4.78 is 34.1. The number of nitrogens with two attached hydrogens (primary N) is 1. The summed E-state index contributed by atoms with van der Waals surface area (Å²) in [6.07, 6.45) is -1.00. The average Bonchev–Trinajstić information content (AvgIpc) is 2.81. The lowest BCUT2D eigenvalue weighted by atomic mass is 9.88. The second kappa shape index (κ2) is 13.1. The van der Waals surface area contributed by atoms with Gasteiger partial charge in [0.1, 0.15) is 5.60 Å². The number of nitriles is 1. The average molecular weight is 545 g/mol. The number of carbonyl (C=O) groups is 1. The van der Waals surface area contributed by atoms with Gasteiger partial charge in [-0.2, -0.15) is 9.57 Å². The van der Waals surface area contributed by atoms with E-state index in [1.807, 2.05) is 44.2 Å².